The van der Waals surface area contributed by atoms with Crippen molar-refractivity contribution in [3.8, 4) is 0 Å². The molecule has 1 unspecified atom stereocenters. The quantitative estimate of drug-likeness (QED) is 0.660. The lowest BCUT2D eigenvalue weighted by Crippen LogP contribution is -2.42. The molecule has 1 saturated carbocycles. The third-order valence-corrected chi connectivity index (χ3v) is 7.88. The van der Waals surface area contributed by atoms with Crippen molar-refractivity contribution in [2.45, 2.75) is 44.6 Å². The Labute approximate surface area is 207 Å². The summed E-state index contributed by atoms with van der Waals surface area (Å²) in [7, 11) is 1.89. The van der Waals surface area contributed by atoms with Crippen LogP contribution in [-0.2, 0) is 29.5 Å². The van der Waals surface area contributed by atoms with Crippen molar-refractivity contribution in [1.82, 2.24) is 24.9 Å². The van der Waals surface area contributed by atoms with E-state index in [4.69, 9.17) is 4.74 Å². The second kappa shape index (κ2) is 10.9. The largest absolute Gasteiger partial charge is 0.379 e. The highest BCUT2D eigenvalue weighted by Crippen LogP contribution is 2.39. The molecule has 35 heavy (non-hydrogen) atoms. The Kier molecular flexibility index (Phi) is 7.48. The smallest absolute Gasteiger partial charge is 0.272 e. The first-order valence-corrected chi connectivity index (χ1v) is 13.1. The molecular formula is C27H37N5O3. The average molecular weight is 480 g/mol. The summed E-state index contributed by atoms with van der Waals surface area (Å²) in [5.74, 6) is 0.321. The van der Waals surface area contributed by atoms with Gasteiger partial charge in [0.25, 0.3) is 5.91 Å². The van der Waals surface area contributed by atoms with Crippen molar-refractivity contribution in [2.75, 3.05) is 45.9 Å². The van der Waals surface area contributed by atoms with Gasteiger partial charge in [-0.25, -0.2) is 0 Å². The lowest BCUT2D eigenvalue weighted by molar-refractivity contribution is -0.135. The Balaban J connectivity index is 1.29. The molecule has 1 saturated heterocycles. The van der Waals surface area contributed by atoms with Gasteiger partial charge in [-0.15, -0.1) is 0 Å². The van der Waals surface area contributed by atoms with Gasteiger partial charge in [-0.3, -0.25) is 19.2 Å². The van der Waals surface area contributed by atoms with Crippen LogP contribution in [0.4, 0.5) is 0 Å². The Morgan fingerprint density at radius 1 is 1.11 bits per heavy atom. The molecule has 2 aliphatic heterocycles. The summed E-state index contributed by atoms with van der Waals surface area (Å²) in [6.45, 7) is 5.78. The Hall–Kier alpha value is -2.71. The number of fused-ring (bicyclic) bond motifs is 1. The number of nitrogens with one attached hydrogen (secondary N) is 1. The zero-order valence-electron chi connectivity index (χ0n) is 20.7. The number of benzene rings is 1. The molecule has 0 spiro atoms. The third kappa shape index (κ3) is 5.28. The molecule has 8 heteroatoms. The molecule has 188 valence electrons. The minimum atomic E-state index is -0.153. The highest BCUT2D eigenvalue weighted by Gasteiger charge is 2.37. The summed E-state index contributed by atoms with van der Waals surface area (Å²) >= 11 is 0. The fourth-order valence-corrected chi connectivity index (χ4v) is 5.96. The van der Waals surface area contributed by atoms with E-state index in [2.05, 4.69) is 27.4 Å². The molecule has 0 bridgehead atoms. The number of aromatic nitrogens is 2. The standard InChI is InChI=1S/C27H37N5O3/c1-30-23-11-13-32(27(34)24(21-9-5-6-10-21)20-7-3-2-4-8-20)19-22(23)25(29-30)26(33)28-12-14-31-15-17-35-18-16-31/h2-4,7-8,21,24H,5-6,9-19H2,1H3,(H,28,33). The monoisotopic (exact) mass is 479 g/mol. The first-order chi connectivity index (χ1) is 17.1. The van der Waals surface area contributed by atoms with Gasteiger partial charge in [0.15, 0.2) is 5.69 Å². The Morgan fingerprint density at radius 3 is 2.60 bits per heavy atom. The summed E-state index contributed by atoms with van der Waals surface area (Å²) in [6, 6.07) is 10.2. The number of hydrogen-bond acceptors (Lipinski definition) is 5. The second-order valence-corrected chi connectivity index (χ2v) is 10.1. The SMILES string of the molecule is Cn1nc(C(=O)NCCN2CCOCC2)c2c1CCN(C(=O)C(c1ccccc1)C1CCCC1)C2. The van der Waals surface area contributed by atoms with Crippen LogP contribution in [0.1, 0.15) is 58.9 Å². The van der Waals surface area contributed by atoms with Gasteiger partial charge in [0.05, 0.1) is 19.1 Å². The maximum absolute atomic E-state index is 13.9. The van der Waals surface area contributed by atoms with E-state index in [0.29, 0.717) is 31.2 Å². The normalized spacial score (nSPS) is 20.0. The van der Waals surface area contributed by atoms with E-state index in [-0.39, 0.29) is 17.7 Å². The summed E-state index contributed by atoms with van der Waals surface area (Å²) in [4.78, 5) is 31.3. The number of ether oxygens (including phenoxy) is 1. The fraction of sp³-hybridized carbons (Fsp3) is 0.593. The van der Waals surface area contributed by atoms with Crippen LogP contribution in [0.2, 0.25) is 0 Å². The molecule has 1 aromatic carbocycles. The van der Waals surface area contributed by atoms with Crippen LogP contribution in [0, 0.1) is 5.92 Å². The van der Waals surface area contributed by atoms with E-state index in [0.717, 1.165) is 68.9 Å². The van der Waals surface area contributed by atoms with Crippen LogP contribution in [-0.4, -0.2) is 77.3 Å². The third-order valence-electron chi connectivity index (χ3n) is 7.88. The second-order valence-electron chi connectivity index (χ2n) is 10.1. The maximum atomic E-state index is 13.9. The van der Waals surface area contributed by atoms with E-state index in [1.807, 2.05) is 34.8 Å². The van der Waals surface area contributed by atoms with Crippen molar-refractivity contribution in [3.05, 3.63) is 52.8 Å². The number of amides is 2. The van der Waals surface area contributed by atoms with Gasteiger partial charge in [0.1, 0.15) is 0 Å². The molecule has 1 aromatic heterocycles. The lowest BCUT2D eigenvalue weighted by atomic mass is 9.83. The lowest BCUT2D eigenvalue weighted by Gasteiger charge is -2.33. The first-order valence-electron chi connectivity index (χ1n) is 13.1. The number of carbonyl (C=O) groups excluding carboxylic acids is 2. The number of carbonyl (C=O) groups is 2. The van der Waals surface area contributed by atoms with Gasteiger partial charge >= 0.3 is 0 Å². The fourth-order valence-electron chi connectivity index (χ4n) is 5.96. The first kappa shape index (κ1) is 24.0. The Bertz CT molecular complexity index is 1020. The molecule has 3 aliphatic rings. The van der Waals surface area contributed by atoms with Gasteiger partial charge in [-0.05, 0) is 24.3 Å². The van der Waals surface area contributed by atoms with Crippen LogP contribution in [0.25, 0.3) is 0 Å². The highest BCUT2D eigenvalue weighted by molar-refractivity contribution is 5.94. The predicted molar refractivity (Wildman–Crippen MR) is 133 cm³/mol. The minimum Gasteiger partial charge on any atom is -0.379 e. The molecular weight excluding hydrogens is 442 g/mol. The predicted octanol–water partition coefficient (Wildman–Crippen LogP) is 2.34. The molecule has 2 amide bonds. The molecule has 2 aromatic rings. The molecule has 1 N–H and O–H groups in total. The number of aryl methyl sites for hydroxylation is 1. The van der Waals surface area contributed by atoms with Crippen molar-refractivity contribution in [2.24, 2.45) is 13.0 Å². The molecule has 1 atom stereocenters. The van der Waals surface area contributed by atoms with Crippen LogP contribution >= 0.6 is 0 Å². The zero-order chi connectivity index (χ0) is 24.2. The van der Waals surface area contributed by atoms with Crippen molar-refractivity contribution in [1.29, 1.82) is 0 Å². The maximum Gasteiger partial charge on any atom is 0.272 e. The summed E-state index contributed by atoms with van der Waals surface area (Å²) in [6.07, 6.45) is 5.32. The highest BCUT2D eigenvalue weighted by atomic mass is 16.5. The van der Waals surface area contributed by atoms with E-state index in [1.165, 1.54) is 12.8 Å². The zero-order valence-corrected chi connectivity index (χ0v) is 20.7. The molecule has 0 radical (unpaired) electrons. The van der Waals surface area contributed by atoms with E-state index < -0.39 is 0 Å². The van der Waals surface area contributed by atoms with E-state index in [1.54, 1.807) is 0 Å². The van der Waals surface area contributed by atoms with Gasteiger partial charge in [0, 0.05) is 64.0 Å². The van der Waals surface area contributed by atoms with Crippen LogP contribution in [0.5, 0.6) is 0 Å². The van der Waals surface area contributed by atoms with Crippen LogP contribution in [0.15, 0.2) is 30.3 Å². The summed E-state index contributed by atoms with van der Waals surface area (Å²) in [5, 5.41) is 7.61. The Morgan fingerprint density at radius 2 is 1.86 bits per heavy atom. The topological polar surface area (TPSA) is 79.7 Å². The van der Waals surface area contributed by atoms with E-state index >= 15 is 0 Å². The number of morpholine rings is 1. The number of rotatable bonds is 7. The van der Waals surface area contributed by atoms with Crippen molar-refractivity contribution >= 4 is 11.8 Å². The molecule has 8 nitrogen and oxygen atoms in total. The number of hydrogen-bond donors (Lipinski definition) is 1. The molecule has 5 rings (SSSR count). The van der Waals surface area contributed by atoms with Crippen molar-refractivity contribution < 1.29 is 14.3 Å². The van der Waals surface area contributed by atoms with Crippen molar-refractivity contribution in [3.63, 3.8) is 0 Å². The molecule has 3 heterocycles. The van der Waals surface area contributed by atoms with Gasteiger partial charge in [-0.2, -0.15) is 5.10 Å². The average Bonchev–Trinajstić information content (AvgIpc) is 3.53. The minimum absolute atomic E-state index is 0.109. The molecule has 2 fully saturated rings. The molecule has 1 aliphatic carbocycles. The van der Waals surface area contributed by atoms with Crippen LogP contribution < -0.4 is 5.32 Å². The van der Waals surface area contributed by atoms with Gasteiger partial charge in [-0.1, -0.05) is 43.2 Å². The van der Waals surface area contributed by atoms with Gasteiger partial charge < -0.3 is 15.0 Å². The van der Waals surface area contributed by atoms with E-state index in [9.17, 15) is 9.59 Å². The van der Waals surface area contributed by atoms with Gasteiger partial charge in [0.2, 0.25) is 5.91 Å². The summed E-state index contributed by atoms with van der Waals surface area (Å²) in [5.41, 5.74) is 3.53. The number of nitrogens with zero attached hydrogens (tertiary/aromatic N) is 4. The van der Waals surface area contributed by atoms with Crippen LogP contribution in [0.3, 0.4) is 0 Å². The summed E-state index contributed by atoms with van der Waals surface area (Å²) < 4.78 is 7.21.